The highest BCUT2D eigenvalue weighted by Crippen LogP contribution is 2.29. The van der Waals surface area contributed by atoms with Crippen molar-refractivity contribution in [2.75, 3.05) is 7.11 Å². The summed E-state index contributed by atoms with van der Waals surface area (Å²) < 4.78 is 47.9. The molecule has 0 saturated carbocycles. The number of benzene rings is 1. The van der Waals surface area contributed by atoms with E-state index in [2.05, 4.69) is 15.2 Å². The van der Waals surface area contributed by atoms with Crippen LogP contribution >= 0.6 is 0 Å². The van der Waals surface area contributed by atoms with E-state index in [1.165, 1.54) is 19.2 Å². The Balaban J connectivity index is 2.21. The van der Waals surface area contributed by atoms with Gasteiger partial charge in [0.15, 0.2) is 0 Å². The zero-order chi connectivity index (χ0) is 17.9. The molecule has 0 unspecified atom stereocenters. The van der Waals surface area contributed by atoms with E-state index in [1.54, 1.807) is 24.7 Å². The fourth-order valence-corrected chi connectivity index (χ4v) is 2.12. The predicted octanol–water partition coefficient (Wildman–Crippen LogP) is 2.57. The molecule has 1 aromatic carbocycles. The molecule has 1 heterocycles. The largest absolute Gasteiger partial charge is 0.573 e. The van der Waals surface area contributed by atoms with Crippen LogP contribution < -0.4 is 14.8 Å². The number of methoxy groups -OCH3 is 1. The van der Waals surface area contributed by atoms with Gasteiger partial charge in [-0.2, -0.15) is 5.10 Å². The lowest BCUT2D eigenvalue weighted by atomic mass is 10.1. The van der Waals surface area contributed by atoms with Crippen LogP contribution in [0.15, 0.2) is 24.3 Å². The molecule has 0 radical (unpaired) electrons. The van der Waals surface area contributed by atoms with Crippen LogP contribution in [0.3, 0.4) is 0 Å². The van der Waals surface area contributed by atoms with Gasteiger partial charge in [-0.05, 0) is 31.2 Å². The van der Waals surface area contributed by atoms with E-state index in [4.69, 9.17) is 4.74 Å². The number of rotatable bonds is 5. The number of halogens is 3. The molecule has 24 heavy (non-hydrogen) atoms. The molecule has 0 bridgehead atoms. The molecule has 6 nitrogen and oxygen atoms in total. The molecule has 1 amide bonds. The molecule has 0 fully saturated rings. The second kappa shape index (κ2) is 6.81. The number of carbonyl (C=O) groups excluding carboxylic acids is 1. The van der Waals surface area contributed by atoms with E-state index in [0.29, 0.717) is 5.69 Å². The highest BCUT2D eigenvalue weighted by molar-refractivity contribution is 5.97. The fourth-order valence-electron chi connectivity index (χ4n) is 2.12. The maximum Gasteiger partial charge on any atom is 0.573 e. The minimum absolute atomic E-state index is 0.110. The van der Waals surface area contributed by atoms with Gasteiger partial charge in [0.05, 0.1) is 30.6 Å². The van der Waals surface area contributed by atoms with E-state index >= 15 is 0 Å². The Hall–Kier alpha value is -2.71. The highest BCUT2D eigenvalue weighted by Gasteiger charge is 2.33. The zero-order valence-corrected chi connectivity index (χ0v) is 13.3. The summed E-state index contributed by atoms with van der Waals surface area (Å²) >= 11 is 0. The normalized spacial score (nSPS) is 11.2. The quantitative estimate of drug-likeness (QED) is 0.906. The lowest BCUT2D eigenvalue weighted by Gasteiger charge is -2.14. The minimum Gasteiger partial charge on any atom is -0.497 e. The number of carbonyl (C=O) groups is 1. The van der Waals surface area contributed by atoms with Gasteiger partial charge >= 0.3 is 6.36 Å². The van der Waals surface area contributed by atoms with E-state index in [9.17, 15) is 18.0 Å². The SMILES string of the molecule is COc1ccc(OC(F)(F)F)c(C(=O)NCc2cc(C)nn2C)c1. The first-order chi connectivity index (χ1) is 11.2. The van der Waals surface area contributed by atoms with Crippen molar-refractivity contribution >= 4 is 5.91 Å². The lowest BCUT2D eigenvalue weighted by Crippen LogP contribution is -2.26. The summed E-state index contributed by atoms with van der Waals surface area (Å²) in [5, 5.41) is 6.67. The van der Waals surface area contributed by atoms with Gasteiger partial charge in [-0.1, -0.05) is 0 Å². The van der Waals surface area contributed by atoms with Gasteiger partial charge in [0.1, 0.15) is 11.5 Å². The third-order valence-electron chi connectivity index (χ3n) is 3.19. The number of nitrogens with zero attached hydrogens (tertiary/aromatic N) is 2. The van der Waals surface area contributed by atoms with Gasteiger partial charge in [0, 0.05) is 7.05 Å². The molecule has 0 saturated heterocycles. The van der Waals surface area contributed by atoms with E-state index < -0.39 is 18.0 Å². The van der Waals surface area contributed by atoms with Crippen LogP contribution in [0.25, 0.3) is 0 Å². The highest BCUT2D eigenvalue weighted by atomic mass is 19.4. The number of hydrogen-bond donors (Lipinski definition) is 1. The first-order valence-electron chi connectivity index (χ1n) is 6.91. The van der Waals surface area contributed by atoms with Crippen LogP contribution in [0, 0.1) is 6.92 Å². The molecule has 1 aromatic heterocycles. The van der Waals surface area contributed by atoms with Gasteiger partial charge in [-0.25, -0.2) is 0 Å². The Morgan fingerprint density at radius 1 is 1.33 bits per heavy atom. The summed E-state index contributed by atoms with van der Waals surface area (Å²) in [6.07, 6.45) is -4.90. The molecule has 0 aliphatic carbocycles. The molecule has 2 aromatic rings. The van der Waals surface area contributed by atoms with Crippen LogP contribution in [0.4, 0.5) is 13.2 Å². The molecule has 0 atom stereocenters. The number of aryl methyl sites for hydroxylation is 2. The molecule has 2 rings (SSSR count). The summed E-state index contributed by atoms with van der Waals surface area (Å²) in [7, 11) is 3.05. The van der Waals surface area contributed by atoms with Crippen molar-refractivity contribution in [2.24, 2.45) is 7.05 Å². The van der Waals surface area contributed by atoms with Gasteiger partial charge in [-0.3, -0.25) is 9.48 Å². The van der Waals surface area contributed by atoms with Crippen molar-refractivity contribution in [2.45, 2.75) is 19.8 Å². The van der Waals surface area contributed by atoms with Crippen molar-refractivity contribution in [1.29, 1.82) is 0 Å². The van der Waals surface area contributed by atoms with Gasteiger partial charge in [-0.15, -0.1) is 13.2 Å². The third-order valence-corrected chi connectivity index (χ3v) is 3.19. The molecular weight excluding hydrogens is 327 g/mol. The van der Waals surface area contributed by atoms with Gasteiger partial charge < -0.3 is 14.8 Å². The van der Waals surface area contributed by atoms with Crippen LogP contribution in [0.2, 0.25) is 0 Å². The van der Waals surface area contributed by atoms with Crippen molar-refractivity contribution in [3.63, 3.8) is 0 Å². The second-order valence-corrected chi connectivity index (χ2v) is 4.99. The average molecular weight is 343 g/mol. The smallest absolute Gasteiger partial charge is 0.497 e. The molecule has 130 valence electrons. The zero-order valence-electron chi connectivity index (χ0n) is 13.3. The summed E-state index contributed by atoms with van der Waals surface area (Å²) in [6.45, 7) is 1.90. The van der Waals surface area contributed by atoms with Crippen LogP contribution in [-0.2, 0) is 13.6 Å². The van der Waals surface area contributed by atoms with E-state index in [-0.39, 0.29) is 17.9 Å². The summed E-state index contributed by atoms with van der Waals surface area (Å²) in [6, 6.07) is 5.27. The molecule has 0 aliphatic rings. The average Bonchev–Trinajstić information content (AvgIpc) is 2.81. The molecule has 0 aliphatic heterocycles. The molecule has 1 N–H and O–H groups in total. The molecule has 9 heteroatoms. The first kappa shape index (κ1) is 17.6. The number of ether oxygens (including phenoxy) is 2. The summed E-state index contributed by atoms with van der Waals surface area (Å²) in [4.78, 5) is 12.3. The monoisotopic (exact) mass is 343 g/mol. The lowest BCUT2D eigenvalue weighted by molar-refractivity contribution is -0.274. The van der Waals surface area contributed by atoms with Crippen molar-refractivity contribution < 1.29 is 27.4 Å². The number of amides is 1. The Bertz CT molecular complexity index is 741. The number of hydrogen-bond acceptors (Lipinski definition) is 4. The topological polar surface area (TPSA) is 65.4 Å². The maximum absolute atomic E-state index is 12.5. The van der Waals surface area contributed by atoms with Gasteiger partial charge in [0.25, 0.3) is 5.91 Å². The van der Waals surface area contributed by atoms with E-state index in [1.807, 2.05) is 0 Å². The van der Waals surface area contributed by atoms with E-state index in [0.717, 1.165) is 11.8 Å². The Kier molecular flexibility index (Phi) is 5.01. The fraction of sp³-hybridized carbons (Fsp3) is 0.333. The van der Waals surface area contributed by atoms with Crippen molar-refractivity contribution in [1.82, 2.24) is 15.1 Å². The standard InChI is InChI=1S/C15H16F3N3O3/c1-9-6-10(21(2)20-9)8-19-14(22)12-7-11(23-3)4-5-13(12)24-15(16,17)18/h4-7H,8H2,1-3H3,(H,19,22). The van der Waals surface area contributed by atoms with Crippen molar-refractivity contribution in [3.05, 3.63) is 41.2 Å². The number of alkyl halides is 3. The van der Waals surface area contributed by atoms with Crippen LogP contribution in [-0.4, -0.2) is 29.2 Å². The number of aromatic nitrogens is 2. The Morgan fingerprint density at radius 2 is 2.04 bits per heavy atom. The predicted molar refractivity (Wildman–Crippen MR) is 78.8 cm³/mol. The summed E-state index contributed by atoms with van der Waals surface area (Å²) in [5.74, 6) is -1.07. The van der Waals surface area contributed by atoms with Gasteiger partial charge in [0.2, 0.25) is 0 Å². The first-order valence-corrected chi connectivity index (χ1v) is 6.91. The van der Waals surface area contributed by atoms with Crippen LogP contribution in [0.5, 0.6) is 11.5 Å². The third kappa shape index (κ3) is 4.40. The molecule has 0 spiro atoms. The maximum atomic E-state index is 12.5. The molecular formula is C15H16F3N3O3. The number of nitrogens with one attached hydrogen (secondary N) is 1. The van der Waals surface area contributed by atoms with Crippen molar-refractivity contribution in [3.8, 4) is 11.5 Å². The Morgan fingerprint density at radius 3 is 2.58 bits per heavy atom. The minimum atomic E-state index is -4.90. The second-order valence-electron chi connectivity index (χ2n) is 4.99. The summed E-state index contributed by atoms with van der Waals surface area (Å²) in [5.41, 5.74) is 1.21. The van der Waals surface area contributed by atoms with Crippen LogP contribution in [0.1, 0.15) is 21.7 Å². The Labute approximate surface area is 136 Å².